The predicted molar refractivity (Wildman–Crippen MR) is 110 cm³/mol. The molecule has 2 unspecified atom stereocenters. The molecule has 0 fully saturated rings. The van der Waals surface area contributed by atoms with Crippen molar-refractivity contribution in [1.29, 1.82) is 0 Å². The zero-order valence-corrected chi connectivity index (χ0v) is 16.2. The van der Waals surface area contributed by atoms with Crippen LogP contribution in [-0.2, 0) is 19.5 Å². The first-order valence-corrected chi connectivity index (χ1v) is 10.4. The molecule has 1 amide bonds. The summed E-state index contributed by atoms with van der Waals surface area (Å²) in [5.74, 6) is 0.218. The number of thiophene rings is 1. The molecule has 142 valence electrons. The molecular weight excluding hydrogens is 370 g/mol. The number of nitrogens with one attached hydrogen (secondary N) is 3. The smallest absolute Gasteiger partial charge is 0.256 e. The van der Waals surface area contributed by atoms with Crippen LogP contribution in [0.15, 0.2) is 54.6 Å². The largest absolute Gasteiger partial charge is 0.508 e. The van der Waals surface area contributed by atoms with E-state index in [0.717, 1.165) is 42.2 Å². The Morgan fingerprint density at radius 1 is 1.07 bits per heavy atom. The van der Waals surface area contributed by atoms with E-state index in [9.17, 15) is 9.90 Å². The molecule has 1 aromatic heterocycles. The van der Waals surface area contributed by atoms with E-state index in [0.29, 0.717) is 0 Å². The molecule has 2 aliphatic rings. The van der Waals surface area contributed by atoms with E-state index >= 15 is 0 Å². The number of phenols is 1. The number of quaternary nitrogens is 1. The number of anilines is 1. The van der Waals surface area contributed by atoms with Crippen molar-refractivity contribution in [1.82, 2.24) is 5.32 Å². The number of hydrogen-bond donors (Lipinski definition) is 4. The number of rotatable bonds is 3. The van der Waals surface area contributed by atoms with Crippen molar-refractivity contribution < 1.29 is 14.8 Å². The maximum atomic E-state index is 12.8. The molecule has 5 nitrogen and oxygen atoms in total. The lowest BCUT2D eigenvalue weighted by molar-refractivity contribution is -0.929. The highest BCUT2D eigenvalue weighted by atomic mass is 32.1. The van der Waals surface area contributed by atoms with E-state index in [1.54, 1.807) is 23.5 Å². The Kier molecular flexibility index (Phi) is 4.30. The van der Waals surface area contributed by atoms with Gasteiger partial charge in [0.2, 0.25) is 0 Å². The second kappa shape index (κ2) is 6.96. The predicted octanol–water partition coefficient (Wildman–Crippen LogP) is 2.45. The summed E-state index contributed by atoms with van der Waals surface area (Å²) in [6, 6.07) is 17.5. The third-order valence-corrected chi connectivity index (χ3v) is 6.69. The first kappa shape index (κ1) is 17.3. The van der Waals surface area contributed by atoms with E-state index in [1.807, 2.05) is 12.1 Å². The maximum absolute atomic E-state index is 12.8. The van der Waals surface area contributed by atoms with Gasteiger partial charge in [-0.15, -0.1) is 11.3 Å². The number of benzene rings is 2. The summed E-state index contributed by atoms with van der Waals surface area (Å²) in [7, 11) is 0. The molecule has 28 heavy (non-hydrogen) atoms. The minimum Gasteiger partial charge on any atom is -0.508 e. The Hall–Kier alpha value is -2.83. The van der Waals surface area contributed by atoms with Crippen molar-refractivity contribution in [2.24, 2.45) is 0 Å². The van der Waals surface area contributed by atoms with Gasteiger partial charge in [-0.05, 0) is 23.3 Å². The highest BCUT2D eigenvalue weighted by Crippen LogP contribution is 2.39. The summed E-state index contributed by atoms with van der Waals surface area (Å²) in [6.07, 6.45) is 0.663. The van der Waals surface area contributed by atoms with Crippen LogP contribution >= 0.6 is 11.3 Å². The van der Waals surface area contributed by atoms with Gasteiger partial charge in [0.25, 0.3) is 5.91 Å². The van der Waals surface area contributed by atoms with Crippen molar-refractivity contribution in [3.8, 4) is 5.75 Å². The van der Waals surface area contributed by atoms with Gasteiger partial charge in [-0.3, -0.25) is 4.79 Å². The second-order valence-electron chi connectivity index (χ2n) is 7.44. The summed E-state index contributed by atoms with van der Waals surface area (Å²) in [6.45, 7) is 3.01. The summed E-state index contributed by atoms with van der Waals surface area (Å²) >= 11 is 1.72. The fourth-order valence-electron chi connectivity index (χ4n) is 4.12. The van der Waals surface area contributed by atoms with Crippen molar-refractivity contribution in [2.45, 2.75) is 25.7 Å². The summed E-state index contributed by atoms with van der Waals surface area (Å²) in [5.41, 5.74) is 4.32. The number of carbonyl (C=O) groups is 1. The Bertz CT molecular complexity index is 1010. The maximum Gasteiger partial charge on any atom is 0.256 e. The number of fused-ring (bicyclic) bond motifs is 3. The lowest BCUT2D eigenvalue weighted by Crippen LogP contribution is -3.10. The molecule has 6 heteroatoms. The number of aromatic hydroxyl groups is 1. The Balaban J connectivity index is 1.38. The molecule has 5 rings (SSSR count). The normalized spacial score (nSPS) is 20.6. The number of phenolic OH excluding ortho intramolecular Hbond substituents is 1. The van der Waals surface area contributed by atoms with Gasteiger partial charge in [-0.1, -0.05) is 42.5 Å². The fraction of sp³-hybridized carbons (Fsp3) is 0.227. The Morgan fingerprint density at radius 2 is 1.86 bits per heavy atom. The first-order valence-electron chi connectivity index (χ1n) is 9.56. The van der Waals surface area contributed by atoms with Crippen LogP contribution in [0.1, 0.15) is 38.1 Å². The van der Waals surface area contributed by atoms with E-state index in [4.69, 9.17) is 0 Å². The van der Waals surface area contributed by atoms with Crippen LogP contribution in [0, 0.1) is 0 Å². The molecule has 0 saturated heterocycles. The van der Waals surface area contributed by atoms with Gasteiger partial charge in [-0.25, -0.2) is 0 Å². The van der Waals surface area contributed by atoms with Gasteiger partial charge in [0.05, 0.1) is 17.0 Å². The van der Waals surface area contributed by atoms with Crippen LogP contribution in [0.3, 0.4) is 0 Å². The van der Waals surface area contributed by atoms with Gasteiger partial charge in [0.1, 0.15) is 30.0 Å². The molecule has 0 saturated carbocycles. The van der Waals surface area contributed by atoms with Gasteiger partial charge in [0.15, 0.2) is 0 Å². The van der Waals surface area contributed by atoms with Crippen molar-refractivity contribution in [3.63, 3.8) is 0 Å². The van der Waals surface area contributed by atoms with E-state index in [1.165, 1.54) is 20.9 Å². The molecule has 2 atom stereocenters. The second-order valence-corrected chi connectivity index (χ2v) is 8.54. The Morgan fingerprint density at radius 3 is 2.64 bits per heavy atom. The molecule has 2 aliphatic heterocycles. The minimum atomic E-state index is -0.270. The molecule has 0 radical (unpaired) electrons. The van der Waals surface area contributed by atoms with E-state index in [2.05, 4.69) is 41.0 Å². The molecule has 0 spiro atoms. The van der Waals surface area contributed by atoms with Gasteiger partial charge in [0, 0.05) is 12.0 Å². The van der Waals surface area contributed by atoms with Gasteiger partial charge >= 0.3 is 0 Å². The van der Waals surface area contributed by atoms with Crippen LogP contribution in [0.5, 0.6) is 5.75 Å². The SMILES string of the molecule is O=C1NC(c2ccc(O)cc2)Nc2sc3c(c21)CC[NH+](Cc1ccccc1)C3. The zero-order valence-electron chi connectivity index (χ0n) is 15.4. The van der Waals surface area contributed by atoms with Crippen LogP contribution in [0.2, 0.25) is 0 Å². The minimum absolute atomic E-state index is 0.00386. The number of hydrogen-bond acceptors (Lipinski definition) is 4. The van der Waals surface area contributed by atoms with Crippen LogP contribution in [-0.4, -0.2) is 17.6 Å². The highest BCUT2D eigenvalue weighted by molar-refractivity contribution is 7.16. The molecular formula is C22H22N3O2S+. The monoisotopic (exact) mass is 392 g/mol. The molecule has 3 aromatic rings. The molecule has 2 aromatic carbocycles. The fourth-order valence-corrected chi connectivity index (χ4v) is 5.46. The van der Waals surface area contributed by atoms with Gasteiger partial charge < -0.3 is 20.6 Å². The topological polar surface area (TPSA) is 65.8 Å². The average Bonchev–Trinajstić information content (AvgIpc) is 3.07. The van der Waals surface area contributed by atoms with Gasteiger partial charge in [-0.2, -0.15) is 0 Å². The average molecular weight is 393 g/mol. The molecule has 3 heterocycles. The van der Waals surface area contributed by atoms with Crippen molar-refractivity contribution in [3.05, 3.63) is 81.7 Å². The quantitative estimate of drug-likeness (QED) is 0.554. The van der Waals surface area contributed by atoms with E-state index in [-0.39, 0.29) is 17.8 Å². The highest BCUT2D eigenvalue weighted by Gasteiger charge is 2.34. The van der Waals surface area contributed by atoms with Crippen LogP contribution in [0.25, 0.3) is 0 Å². The lowest BCUT2D eigenvalue weighted by Gasteiger charge is -2.27. The van der Waals surface area contributed by atoms with Crippen molar-refractivity contribution in [2.75, 3.05) is 11.9 Å². The van der Waals surface area contributed by atoms with Crippen LogP contribution in [0.4, 0.5) is 5.00 Å². The molecule has 0 aliphatic carbocycles. The van der Waals surface area contributed by atoms with Crippen LogP contribution < -0.4 is 15.5 Å². The summed E-state index contributed by atoms with van der Waals surface area (Å²) in [4.78, 5) is 15.7. The lowest BCUT2D eigenvalue weighted by atomic mass is 10.00. The molecule has 4 N–H and O–H groups in total. The van der Waals surface area contributed by atoms with Crippen molar-refractivity contribution >= 4 is 22.2 Å². The number of amides is 1. The Labute approximate surface area is 167 Å². The zero-order chi connectivity index (χ0) is 19.1. The summed E-state index contributed by atoms with van der Waals surface area (Å²) in [5, 5.41) is 17.0. The number of carbonyl (C=O) groups excluding carboxylic acids is 1. The third kappa shape index (κ3) is 3.15. The standard InChI is InChI=1S/C22H21N3O2S/c26-16-8-6-15(7-9-16)20-23-21(27)19-17-10-11-25(12-14-4-2-1-3-5-14)13-18(17)28-22(19)24-20/h1-9,20,24,26H,10-13H2,(H,23,27)/p+1. The summed E-state index contributed by atoms with van der Waals surface area (Å²) < 4.78 is 0. The first-order chi connectivity index (χ1) is 13.7. The third-order valence-electron chi connectivity index (χ3n) is 5.53. The molecule has 0 bridgehead atoms. The van der Waals surface area contributed by atoms with E-state index < -0.39 is 0 Å².